The lowest BCUT2D eigenvalue weighted by molar-refractivity contribution is 0.399. The van der Waals surface area contributed by atoms with Gasteiger partial charge < -0.3 is 10.4 Å². The number of pyridine rings is 1. The van der Waals surface area contributed by atoms with Gasteiger partial charge in [-0.25, -0.2) is 4.98 Å². The molecular weight excluding hydrogens is 302 g/mol. The Labute approximate surface area is 142 Å². The quantitative estimate of drug-likeness (QED) is 0.670. The molecule has 3 aromatic rings. The molecule has 1 aromatic carbocycles. The van der Waals surface area contributed by atoms with Crippen molar-refractivity contribution in [3.8, 4) is 11.4 Å². The molecule has 24 heavy (non-hydrogen) atoms. The van der Waals surface area contributed by atoms with Gasteiger partial charge in [0.2, 0.25) is 0 Å². The van der Waals surface area contributed by atoms with E-state index in [0.29, 0.717) is 5.92 Å². The first-order valence-electron chi connectivity index (χ1n) is 7.81. The van der Waals surface area contributed by atoms with E-state index in [9.17, 15) is 0 Å². The molecule has 2 aromatic heterocycles. The number of aromatic nitrogens is 4. The first-order valence-corrected chi connectivity index (χ1v) is 7.81. The molecule has 0 spiro atoms. The van der Waals surface area contributed by atoms with Crippen molar-refractivity contribution in [3.63, 3.8) is 0 Å². The number of benzene rings is 1. The van der Waals surface area contributed by atoms with E-state index in [4.69, 9.17) is 5.11 Å². The van der Waals surface area contributed by atoms with E-state index in [1.807, 2.05) is 24.4 Å². The molecule has 0 aliphatic rings. The molecule has 3 N–H and O–H groups in total. The summed E-state index contributed by atoms with van der Waals surface area (Å²) in [6, 6.07) is 12.3. The molecule has 0 radical (unpaired) electrons. The van der Waals surface area contributed by atoms with E-state index in [-0.39, 0.29) is 0 Å². The average molecular weight is 325 g/mol. The molecule has 3 rings (SSSR count). The molecule has 0 fully saturated rings. The van der Waals surface area contributed by atoms with E-state index in [2.05, 4.69) is 57.5 Å². The third-order valence-electron chi connectivity index (χ3n) is 3.49. The van der Waals surface area contributed by atoms with Gasteiger partial charge in [0, 0.05) is 36.8 Å². The van der Waals surface area contributed by atoms with Crippen LogP contribution in [0.3, 0.4) is 0 Å². The number of H-pyrrole nitrogens is 1. The number of aliphatic hydroxyl groups is 1. The average Bonchev–Trinajstić information content (AvgIpc) is 3.17. The summed E-state index contributed by atoms with van der Waals surface area (Å²) in [6.07, 6.45) is 3.44. The van der Waals surface area contributed by atoms with Crippen LogP contribution in [0.4, 0.5) is 5.69 Å². The number of hydrogen-bond donors (Lipinski definition) is 3. The maximum absolute atomic E-state index is 7.00. The number of nitrogens with zero attached hydrogens (tertiary/aromatic N) is 3. The van der Waals surface area contributed by atoms with Crippen LogP contribution in [0.1, 0.15) is 31.0 Å². The lowest BCUT2D eigenvalue weighted by atomic mass is 10.1. The lowest BCUT2D eigenvalue weighted by Gasteiger charge is -2.09. The van der Waals surface area contributed by atoms with Crippen LogP contribution in [0.2, 0.25) is 0 Å². The van der Waals surface area contributed by atoms with Crippen molar-refractivity contribution in [2.75, 3.05) is 12.4 Å². The van der Waals surface area contributed by atoms with E-state index in [0.717, 1.165) is 42.0 Å². The van der Waals surface area contributed by atoms with Crippen LogP contribution in [0.15, 0.2) is 48.9 Å². The van der Waals surface area contributed by atoms with Gasteiger partial charge in [0.1, 0.15) is 6.33 Å². The Morgan fingerprint density at radius 2 is 1.96 bits per heavy atom. The van der Waals surface area contributed by atoms with Gasteiger partial charge in [-0.15, -0.1) is 0 Å². The fourth-order valence-corrected chi connectivity index (χ4v) is 2.21. The molecule has 0 unspecified atom stereocenters. The second-order valence-corrected chi connectivity index (χ2v) is 5.51. The van der Waals surface area contributed by atoms with Gasteiger partial charge in [-0.1, -0.05) is 32.0 Å². The molecule has 0 saturated carbocycles. The summed E-state index contributed by atoms with van der Waals surface area (Å²) in [5.74, 6) is 1.23. The Kier molecular flexibility index (Phi) is 6.45. The summed E-state index contributed by atoms with van der Waals surface area (Å²) >= 11 is 0. The molecule has 0 amide bonds. The number of rotatable bonds is 5. The zero-order chi connectivity index (χ0) is 17.4. The Hall–Kier alpha value is -2.73. The molecule has 2 heterocycles. The van der Waals surface area contributed by atoms with Crippen molar-refractivity contribution in [1.29, 1.82) is 0 Å². The minimum Gasteiger partial charge on any atom is -0.400 e. The SMILES string of the molecule is CC(C)c1ccc(CNc2cccc(-c3ncn[nH]3)c2)cn1.CO. The van der Waals surface area contributed by atoms with E-state index < -0.39 is 0 Å². The molecule has 6 nitrogen and oxygen atoms in total. The number of aromatic amines is 1. The summed E-state index contributed by atoms with van der Waals surface area (Å²) in [4.78, 5) is 8.65. The third-order valence-corrected chi connectivity index (χ3v) is 3.49. The van der Waals surface area contributed by atoms with Crippen LogP contribution in [0.5, 0.6) is 0 Å². The molecule has 0 bridgehead atoms. The smallest absolute Gasteiger partial charge is 0.155 e. The monoisotopic (exact) mass is 325 g/mol. The third kappa shape index (κ3) is 4.63. The van der Waals surface area contributed by atoms with Gasteiger partial charge in [-0.05, 0) is 29.7 Å². The lowest BCUT2D eigenvalue weighted by Crippen LogP contribution is -2.01. The van der Waals surface area contributed by atoms with E-state index in [1.54, 1.807) is 0 Å². The highest BCUT2D eigenvalue weighted by atomic mass is 16.2. The van der Waals surface area contributed by atoms with Crippen LogP contribution in [0.25, 0.3) is 11.4 Å². The van der Waals surface area contributed by atoms with Gasteiger partial charge in [-0.3, -0.25) is 10.1 Å². The predicted octanol–water partition coefficient (Wildman–Crippen LogP) is 3.21. The summed E-state index contributed by atoms with van der Waals surface area (Å²) in [6.45, 7) is 5.04. The van der Waals surface area contributed by atoms with Crippen molar-refractivity contribution < 1.29 is 5.11 Å². The first kappa shape index (κ1) is 17.6. The fraction of sp³-hybridized carbons (Fsp3) is 0.278. The number of anilines is 1. The summed E-state index contributed by atoms with van der Waals surface area (Å²) in [5, 5.41) is 17.2. The van der Waals surface area contributed by atoms with Crippen LogP contribution in [-0.2, 0) is 6.54 Å². The first-order chi connectivity index (χ1) is 11.7. The maximum atomic E-state index is 7.00. The highest BCUT2D eigenvalue weighted by Gasteiger charge is 2.03. The van der Waals surface area contributed by atoms with Crippen molar-refractivity contribution in [3.05, 3.63) is 60.2 Å². The van der Waals surface area contributed by atoms with Crippen LogP contribution in [-0.4, -0.2) is 32.4 Å². The number of aliphatic hydroxyl groups excluding tert-OH is 1. The van der Waals surface area contributed by atoms with Crippen molar-refractivity contribution in [2.24, 2.45) is 0 Å². The van der Waals surface area contributed by atoms with Crippen LogP contribution >= 0.6 is 0 Å². The van der Waals surface area contributed by atoms with Gasteiger partial charge in [-0.2, -0.15) is 5.10 Å². The zero-order valence-corrected chi connectivity index (χ0v) is 14.2. The molecule has 6 heteroatoms. The van der Waals surface area contributed by atoms with Gasteiger partial charge in [0.15, 0.2) is 5.82 Å². The summed E-state index contributed by atoms with van der Waals surface area (Å²) in [5.41, 5.74) is 4.34. The van der Waals surface area contributed by atoms with E-state index >= 15 is 0 Å². The van der Waals surface area contributed by atoms with Crippen molar-refractivity contribution in [2.45, 2.75) is 26.3 Å². The topological polar surface area (TPSA) is 86.7 Å². The zero-order valence-electron chi connectivity index (χ0n) is 14.2. The normalized spacial score (nSPS) is 10.2. The Bertz CT molecular complexity index is 723. The summed E-state index contributed by atoms with van der Waals surface area (Å²) in [7, 11) is 1.00. The standard InChI is InChI=1S/C17H19N5.CH4O/c1-12(2)16-7-6-13(10-19-16)9-18-15-5-3-4-14(8-15)17-20-11-21-22-17;1-2/h3-8,10-12,18H,9H2,1-2H3,(H,20,21,22);2H,1H3. The van der Waals surface area contributed by atoms with Gasteiger partial charge in [0.25, 0.3) is 0 Å². The molecular formula is C18H23N5O. The number of hydrogen-bond acceptors (Lipinski definition) is 5. The largest absolute Gasteiger partial charge is 0.400 e. The highest BCUT2D eigenvalue weighted by Crippen LogP contribution is 2.19. The molecule has 0 atom stereocenters. The maximum Gasteiger partial charge on any atom is 0.155 e. The van der Waals surface area contributed by atoms with Crippen molar-refractivity contribution in [1.82, 2.24) is 20.2 Å². The van der Waals surface area contributed by atoms with Crippen LogP contribution < -0.4 is 5.32 Å². The minimum absolute atomic E-state index is 0.459. The van der Waals surface area contributed by atoms with E-state index in [1.165, 1.54) is 6.33 Å². The molecule has 0 aliphatic carbocycles. The minimum atomic E-state index is 0.459. The molecule has 0 aliphatic heterocycles. The Morgan fingerprint density at radius 1 is 1.12 bits per heavy atom. The van der Waals surface area contributed by atoms with Gasteiger partial charge in [0.05, 0.1) is 0 Å². The second kappa shape index (κ2) is 8.79. The molecule has 126 valence electrons. The fourth-order valence-electron chi connectivity index (χ4n) is 2.21. The summed E-state index contributed by atoms with van der Waals surface area (Å²) < 4.78 is 0. The Balaban J connectivity index is 0.00000100. The highest BCUT2D eigenvalue weighted by molar-refractivity contribution is 5.61. The van der Waals surface area contributed by atoms with Gasteiger partial charge >= 0.3 is 0 Å². The second-order valence-electron chi connectivity index (χ2n) is 5.51. The molecule has 0 saturated heterocycles. The number of nitrogens with one attached hydrogen (secondary N) is 2. The van der Waals surface area contributed by atoms with Crippen molar-refractivity contribution >= 4 is 5.69 Å². The Morgan fingerprint density at radius 3 is 2.58 bits per heavy atom. The predicted molar refractivity (Wildman–Crippen MR) is 95.6 cm³/mol. The van der Waals surface area contributed by atoms with Crippen LogP contribution in [0, 0.1) is 0 Å².